The van der Waals surface area contributed by atoms with Crippen LogP contribution in [0.2, 0.25) is 0 Å². The number of nitrogens with one attached hydrogen (secondary N) is 1. The summed E-state index contributed by atoms with van der Waals surface area (Å²) in [4.78, 5) is 14.0. The van der Waals surface area contributed by atoms with Crippen molar-refractivity contribution >= 4 is 16.9 Å². The number of carbonyl (C=O) groups is 1. The van der Waals surface area contributed by atoms with Crippen LogP contribution < -0.4 is 0 Å². The summed E-state index contributed by atoms with van der Waals surface area (Å²) >= 11 is 0. The van der Waals surface area contributed by atoms with Gasteiger partial charge >= 0.3 is 0 Å². The summed E-state index contributed by atoms with van der Waals surface area (Å²) in [7, 11) is 0. The number of H-pyrrole nitrogens is 1. The van der Waals surface area contributed by atoms with Crippen molar-refractivity contribution < 1.29 is 14.6 Å². The smallest absolute Gasteiger partial charge is 0.254 e. The molecule has 7 nitrogen and oxygen atoms in total. The standard InChI is InChI=1S/C13H16N4O3/c1-2-20-12-7-17(6-11(12)18)13(19)8-3-4-9-10(5-8)15-16-14-9/h3-5,11-12,18H,2,6-7H2,1H3,(H,14,15,16)/t11-,12-/m0/s1. The summed E-state index contributed by atoms with van der Waals surface area (Å²) in [6.45, 7) is 3.09. The minimum absolute atomic E-state index is 0.129. The van der Waals surface area contributed by atoms with Crippen LogP contribution in [0.1, 0.15) is 17.3 Å². The lowest BCUT2D eigenvalue weighted by Gasteiger charge is -2.16. The van der Waals surface area contributed by atoms with Gasteiger partial charge in [0, 0.05) is 25.3 Å². The van der Waals surface area contributed by atoms with Gasteiger partial charge in [0.1, 0.15) is 17.1 Å². The number of likely N-dealkylation sites (tertiary alicyclic amines) is 1. The molecule has 3 rings (SSSR count). The molecule has 1 aliphatic rings. The predicted octanol–water partition coefficient (Wildman–Crippen LogP) is 0.180. The van der Waals surface area contributed by atoms with Crippen LogP contribution in [0.3, 0.4) is 0 Å². The molecule has 1 aromatic heterocycles. The summed E-state index contributed by atoms with van der Waals surface area (Å²) in [6, 6.07) is 5.16. The van der Waals surface area contributed by atoms with E-state index in [1.807, 2.05) is 6.92 Å². The number of aromatic amines is 1. The van der Waals surface area contributed by atoms with Crippen LogP contribution in [0.25, 0.3) is 11.0 Å². The topological polar surface area (TPSA) is 91.3 Å². The van der Waals surface area contributed by atoms with Crippen LogP contribution >= 0.6 is 0 Å². The monoisotopic (exact) mass is 276 g/mol. The Bertz CT molecular complexity index is 627. The van der Waals surface area contributed by atoms with E-state index in [0.717, 1.165) is 5.52 Å². The molecule has 20 heavy (non-hydrogen) atoms. The summed E-state index contributed by atoms with van der Waals surface area (Å²) in [5.74, 6) is -0.129. The van der Waals surface area contributed by atoms with Gasteiger partial charge in [-0.25, -0.2) is 0 Å². The number of aliphatic hydroxyl groups is 1. The molecule has 0 saturated carbocycles. The second kappa shape index (κ2) is 5.18. The zero-order valence-electron chi connectivity index (χ0n) is 11.1. The van der Waals surface area contributed by atoms with Crippen LogP contribution in [0.15, 0.2) is 18.2 Å². The Morgan fingerprint density at radius 1 is 1.45 bits per heavy atom. The maximum atomic E-state index is 12.4. The minimum Gasteiger partial charge on any atom is -0.388 e. The molecule has 7 heteroatoms. The van der Waals surface area contributed by atoms with Crippen molar-refractivity contribution in [3.63, 3.8) is 0 Å². The zero-order chi connectivity index (χ0) is 14.1. The second-order valence-corrected chi connectivity index (χ2v) is 4.80. The highest BCUT2D eigenvalue weighted by molar-refractivity contribution is 5.97. The lowest BCUT2D eigenvalue weighted by molar-refractivity contribution is -0.00237. The van der Waals surface area contributed by atoms with Gasteiger partial charge in [-0.15, -0.1) is 0 Å². The lowest BCUT2D eigenvalue weighted by atomic mass is 10.2. The van der Waals surface area contributed by atoms with E-state index in [-0.39, 0.29) is 12.0 Å². The quantitative estimate of drug-likeness (QED) is 0.834. The largest absolute Gasteiger partial charge is 0.388 e. The molecule has 106 valence electrons. The van der Waals surface area contributed by atoms with E-state index >= 15 is 0 Å². The molecule has 1 aromatic carbocycles. The maximum absolute atomic E-state index is 12.4. The highest BCUT2D eigenvalue weighted by atomic mass is 16.5. The van der Waals surface area contributed by atoms with Gasteiger partial charge in [-0.1, -0.05) is 0 Å². The zero-order valence-corrected chi connectivity index (χ0v) is 11.1. The average Bonchev–Trinajstić information content (AvgIpc) is 3.05. The molecule has 1 aliphatic heterocycles. The fourth-order valence-corrected chi connectivity index (χ4v) is 2.46. The summed E-state index contributed by atoms with van der Waals surface area (Å²) in [5, 5.41) is 20.3. The van der Waals surface area contributed by atoms with Crippen LogP contribution in [0, 0.1) is 0 Å². The van der Waals surface area contributed by atoms with E-state index in [9.17, 15) is 9.90 Å². The summed E-state index contributed by atoms with van der Waals surface area (Å²) in [5.41, 5.74) is 1.91. The van der Waals surface area contributed by atoms with E-state index < -0.39 is 6.10 Å². The maximum Gasteiger partial charge on any atom is 0.254 e. The van der Waals surface area contributed by atoms with Gasteiger partial charge in [-0.3, -0.25) is 4.79 Å². The Kier molecular flexibility index (Phi) is 3.37. The normalized spacial score (nSPS) is 22.6. The van der Waals surface area contributed by atoms with Gasteiger partial charge in [0.2, 0.25) is 0 Å². The van der Waals surface area contributed by atoms with Crippen LogP contribution in [0.5, 0.6) is 0 Å². The van der Waals surface area contributed by atoms with Crippen molar-refractivity contribution in [2.75, 3.05) is 19.7 Å². The molecule has 0 radical (unpaired) electrons. The summed E-state index contributed by atoms with van der Waals surface area (Å²) < 4.78 is 5.42. The van der Waals surface area contributed by atoms with Gasteiger partial charge < -0.3 is 14.7 Å². The fourth-order valence-electron chi connectivity index (χ4n) is 2.46. The van der Waals surface area contributed by atoms with E-state index in [1.54, 1.807) is 23.1 Å². The first-order valence-electron chi connectivity index (χ1n) is 6.58. The first kappa shape index (κ1) is 13.0. The molecule has 2 N–H and O–H groups in total. The number of hydrogen-bond acceptors (Lipinski definition) is 5. The van der Waals surface area contributed by atoms with Crippen molar-refractivity contribution in [2.24, 2.45) is 0 Å². The molecule has 0 spiro atoms. The number of carbonyl (C=O) groups excluding carboxylic acids is 1. The number of hydrogen-bond donors (Lipinski definition) is 2. The Balaban J connectivity index is 1.78. The van der Waals surface area contributed by atoms with E-state index in [2.05, 4.69) is 15.4 Å². The van der Waals surface area contributed by atoms with Gasteiger partial charge in [-0.2, -0.15) is 15.4 Å². The number of β-amino-alcohol motifs (C(OH)–C–C–N with tert-alkyl or cyclic N) is 1. The number of nitrogens with zero attached hydrogens (tertiary/aromatic N) is 3. The van der Waals surface area contributed by atoms with E-state index in [0.29, 0.717) is 30.8 Å². The van der Waals surface area contributed by atoms with Crippen molar-refractivity contribution in [3.05, 3.63) is 23.8 Å². The predicted molar refractivity (Wildman–Crippen MR) is 71.2 cm³/mol. The molecule has 0 unspecified atom stereocenters. The third-order valence-electron chi connectivity index (χ3n) is 3.47. The molecule has 2 aromatic rings. The number of benzene rings is 1. The molecule has 1 saturated heterocycles. The second-order valence-electron chi connectivity index (χ2n) is 4.80. The van der Waals surface area contributed by atoms with Crippen molar-refractivity contribution in [2.45, 2.75) is 19.1 Å². The minimum atomic E-state index is -0.630. The fraction of sp³-hybridized carbons (Fsp3) is 0.462. The third kappa shape index (κ3) is 2.25. The van der Waals surface area contributed by atoms with Crippen molar-refractivity contribution in [1.82, 2.24) is 20.3 Å². The lowest BCUT2D eigenvalue weighted by Crippen LogP contribution is -2.30. The van der Waals surface area contributed by atoms with Gasteiger partial charge in [-0.05, 0) is 25.1 Å². The molecule has 0 aliphatic carbocycles. The van der Waals surface area contributed by atoms with Gasteiger partial charge in [0.15, 0.2) is 0 Å². The van der Waals surface area contributed by atoms with Crippen LogP contribution in [-0.2, 0) is 4.74 Å². The highest BCUT2D eigenvalue weighted by Gasteiger charge is 2.34. The SMILES string of the molecule is CCO[C@H]1CN(C(=O)c2ccc3n[nH]nc3c2)C[C@@H]1O. The van der Waals surface area contributed by atoms with Crippen molar-refractivity contribution in [1.29, 1.82) is 0 Å². The highest BCUT2D eigenvalue weighted by Crippen LogP contribution is 2.18. The summed E-state index contributed by atoms with van der Waals surface area (Å²) in [6.07, 6.45) is -0.936. The number of aromatic nitrogens is 3. The molecule has 2 atom stereocenters. The first-order chi connectivity index (χ1) is 9.69. The number of fused-ring (bicyclic) bond motifs is 1. The number of amides is 1. The van der Waals surface area contributed by atoms with E-state index in [1.165, 1.54) is 0 Å². The molecule has 1 fully saturated rings. The van der Waals surface area contributed by atoms with Crippen LogP contribution in [-0.4, -0.2) is 63.2 Å². The number of ether oxygens (including phenoxy) is 1. The molecular weight excluding hydrogens is 260 g/mol. The molecule has 2 heterocycles. The number of aliphatic hydroxyl groups excluding tert-OH is 1. The molecular formula is C13H16N4O3. The van der Waals surface area contributed by atoms with Gasteiger partial charge in [0.25, 0.3) is 5.91 Å². The Labute approximate surface area is 115 Å². The molecule has 1 amide bonds. The Morgan fingerprint density at radius 2 is 2.25 bits per heavy atom. The van der Waals surface area contributed by atoms with Gasteiger partial charge in [0.05, 0.1) is 6.10 Å². The van der Waals surface area contributed by atoms with Crippen molar-refractivity contribution in [3.8, 4) is 0 Å². The first-order valence-corrected chi connectivity index (χ1v) is 6.58. The van der Waals surface area contributed by atoms with Crippen LogP contribution in [0.4, 0.5) is 0 Å². The van der Waals surface area contributed by atoms with E-state index in [4.69, 9.17) is 4.74 Å². The molecule has 0 bridgehead atoms. The Morgan fingerprint density at radius 3 is 3.05 bits per heavy atom. The Hall–Kier alpha value is -1.99. The average molecular weight is 276 g/mol. The number of rotatable bonds is 3. The third-order valence-corrected chi connectivity index (χ3v) is 3.47.